The van der Waals surface area contributed by atoms with Crippen molar-refractivity contribution in [1.82, 2.24) is 5.43 Å². The number of amides is 1. The summed E-state index contributed by atoms with van der Waals surface area (Å²) in [4.78, 5) is 24.8. The lowest BCUT2D eigenvalue weighted by Gasteiger charge is -2.24. The van der Waals surface area contributed by atoms with E-state index >= 15 is 0 Å². The molecular weight excluding hydrogens is 504 g/mol. The van der Waals surface area contributed by atoms with Crippen molar-refractivity contribution in [2.24, 2.45) is 5.10 Å². The van der Waals surface area contributed by atoms with Crippen LogP contribution in [0.15, 0.2) is 76.3 Å². The van der Waals surface area contributed by atoms with Gasteiger partial charge in [-0.25, -0.2) is 10.2 Å². The largest absolute Gasteiger partial charge is 0.490 e. The van der Waals surface area contributed by atoms with Crippen molar-refractivity contribution in [2.45, 2.75) is 13.0 Å². The first-order valence-electron chi connectivity index (χ1n) is 10.5. The molecule has 0 saturated carbocycles. The second kappa shape index (κ2) is 10.8. The van der Waals surface area contributed by atoms with Crippen LogP contribution >= 0.6 is 15.9 Å². The van der Waals surface area contributed by atoms with Crippen LogP contribution in [0, 0.1) is 0 Å². The third-order valence-electron chi connectivity index (χ3n) is 4.74. The maximum atomic E-state index is 12.5. The molecule has 3 aromatic carbocycles. The van der Waals surface area contributed by atoms with Crippen molar-refractivity contribution in [3.8, 4) is 23.0 Å². The molecule has 34 heavy (non-hydrogen) atoms. The van der Waals surface area contributed by atoms with Crippen LogP contribution in [-0.4, -0.2) is 37.4 Å². The van der Waals surface area contributed by atoms with Gasteiger partial charge >= 0.3 is 5.97 Å². The molecule has 0 bridgehead atoms. The average molecular weight is 525 g/mol. The SMILES string of the molecule is CCOc1cc(C=NNC(=O)C2COc3ccccc3O2)ccc1OC(=O)c1ccc(Br)cc1. The third kappa shape index (κ3) is 5.74. The average Bonchev–Trinajstić information content (AvgIpc) is 2.85. The molecule has 3 aromatic rings. The summed E-state index contributed by atoms with van der Waals surface area (Å²) in [7, 11) is 0. The zero-order valence-electron chi connectivity index (χ0n) is 18.2. The molecule has 0 fully saturated rings. The third-order valence-corrected chi connectivity index (χ3v) is 5.27. The van der Waals surface area contributed by atoms with Crippen LogP contribution < -0.4 is 24.4 Å². The first-order chi connectivity index (χ1) is 16.5. The van der Waals surface area contributed by atoms with Crippen LogP contribution in [-0.2, 0) is 4.79 Å². The van der Waals surface area contributed by atoms with Gasteiger partial charge in [0.2, 0.25) is 6.10 Å². The quantitative estimate of drug-likeness (QED) is 0.213. The van der Waals surface area contributed by atoms with E-state index in [9.17, 15) is 9.59 Å². The monoisotopic (exact) mass is 524 g/mol. The van der Waals surface area contributed by atoms with Crippen LogP contribution in [0.3, 0.4) is 0 Å². The van der Waals surface area contributed by atoms with Gasteiger partial charge in [-0.05, 0) is 67.1 Å². The Morgan fingerprint density at radius 1 is 1.09 bits per heavy atom. The van der Waals surface area contributed by atoms with Crippen molar-refractivity contribution in [1.29, 1.82) is 0 Å². The number of carbonyl (C=O) groups is 2. The molecular formula is C25H21BrN2O6. The summed E-state index contributed by atoms with van der Waals surface area (Å²) in [5, 5.41) is 3.99. The molecule has 9 heteroatoms. The van der Waals surface area contributed by atoms with Crippen LogP contribution in [0.1, 0.15) is 22.8 Å². The van der Waals surface area contributed by atoms with Crippen LogP contribution in [0.5, 0.6) is 23.0 Å². The topological polar surface area (TPSA) is 95.5 Å². The predicted molar refractivity (Wildman–Crippen MR) is 129 cm³/mol. The summed E-state index contributed by atoms with van der Waals surface area (Å²) >= 11 is 3.34. The van der Waals surface area contributed by atoms with Crippen molar-refractivity contribution >= 4 is 34.0 Å². The number of nitrogens with zero attached hydrogens (tertiary/aromatic N) is 1. The first kappa shape index (κ1) is 23.3. The van der Waals surface area contributed by atoms with Crippen molar-refractivity contribution < 1.29 is 28.5 Å². The molecule has 0 aromatic heterocycles. The highest BCUT2D eigenvalue weighted by Crippen LogP contribution is 2.31. The van der Waals surface area contributed by atoms with Crippen LogP contribution in [0.4, 0.5) is 0 Å². The van der Waals surface area contributed by atoms with E-state index in [4.69, 9.17) is 18.9 Å². The number of para-hydroxylation sites is 2. The van der Waals surface area contributed by atoms with E-state index in [1.54, 1.807) is 60.7 Å². The van der Waals surface area contributed by atoms with Crippen molar-refractivity contribution in [3.63, 3.8) is 0 Å². The summed E-state index contributed by atoms with van der Waals surface area (Å²) < 4.78 is 23.2. The molecule has 1 unspecified atom stereocenters. The second-order valence-corrected chi connectivity index (χ2v) is 8.05. The smallest absolute Gasteiger partial charge is 0.343 e. The Balaban J connectivity index is 1.39. The van der Waals surface area contributed by atoms with Crippen LogP contribution in [0.25, 0.3) is 0 Å². The normalized spacial score (nSPS) is 14.5. The lowest BCUT2D eigenvalue weighted by Crippen LogP contribution is -2.42. The van der Waals surface area contributed by atoms with Crippen molar-refractivity contribution in [3.05, 3.63) is 82.3 Å². The Morgan fingerprint density at radius 2 is 1.85 bits per heavy atom. The van der Waals surface area contributed by atoms with Gasteiger partial charge in [-0.15, -0.1) is 0 Å². The number of hydrazone groups is 1. The fourth-order valence-corrected chi connectivity index (χ4v) is 3.36. The zero-order valence-corrected chi connectivity index (χ0v) is 19.8. The molecule has 1 atom stereocenters. The molecule has 1 aliphatic heterocycles. The summed E-state index contributed by atoms with van der Waals surface area (Å²) in [5.74, 6) is 0.826. The van der Waals surface area contributed by atoms with Crippen molar-refractivity contribution in [2.75, 3.05) is 13.2 Å². The highest BCUT2D eigenvalue weighted by molar-refractivity contribution is 9.10. The molecule has 4 rings (SSSR count). The van der Waals surface area contributed by atoms with E-state index in [2.05, 4.69) is 26.5 Å². The van der Waals surface area contributed by atoms with Gasteiger partial charge in [0.05, 0.1) is 18.4 Å². The molecule has 1 N–H and O–H groups in total. The van der Waals surface area contributed by atoms with E-state index in [1.807, 2.05) is 13.0 Å². The summed E-state index contributed by atoms with van der Waals surface area (Å²) in [6.07, 6.45) is 0.643. The number of hydrogen-bond acceptors (Lipinski definition) is 7. The number of rotatable bonds is 7. The van der Waals surface area contributed by atoms with E-state index < -0.39 is 18.0 Å². The summed E-state index contributed by atoms with van der Waals surface area (Å²) in [6, 6.07) is 19.0. The number of esters is 1. The van der Waals surface area contributed by atoms with Gasteiger partial charge in [0, 0.05) is 4.47 Å². The highest BCUT2D eigenvalue weighted by atomic mass is 79.9. The van der Waals surface area contributed by atoms with Gasteiger partial charge in [0.15, 0.2) is 23.0 Å². The number of fused-ring (bicyclic) bond motifs is 1. The lowest BCUT2D eigenvalue weighted by atomic mass is 10.2. The standard InChI is InChI=1S/C25H21BrN2O6/c1-2-31-22-13-16(7-12-21(22)34-25(30)17-8-10-18(26)11-9-17)14-27-28-24(29)23-15-32-19-5-3-4-6-20(19)33-23/h3-14,23H,2,15H2,1H3,(H,28,29). The number of hydrogen-bond donors (Lipinski definition) is 1. The molecule has 0 spiro atoms. The lowest BCUT2D eigenvalue weighted by molar-refractivity contribution is -0.130. The van der Waals surface area contributed by atoms with Gasteiger partial charge in [0.1, 0.15) is 6.61 Å². The zero-order chi connectivity index (χ0) is 23.9. The van der Waals surface area contributed by atoms with Gasteiger partial charge in [-0.2, -0.15) is 5.10 Å². The maximum absolute atomic E-state index is 12.5. The highest BCUT2D eigenvalue weighted by Gasteiger charge is 2.27. The van der Waals surface area contributed by atoms with Gasteiger partial charge < -0.3 is 18.9 Å². The van der Waals surface area contributed by atoms with Gasteiger partial charge in [-0.1, -0.05) is 28.1 Å². The first-order valence-corrected chi connectivity index (χ1v) is 11.3. The number of benzene rings is 3. The van der Waals surface area contributed by atoms with E-state index in [0.717, 1.165) is 4.47 Å². The molecule has 0 radical (unpaired) electrons. The molecule has 8 nitrogen and oxygen atoms in total. The molecule has 1 amide bonds. The molecule has 0 aliphatic carbocycles. The Bertz CT molecular complexity index is 1210. The fraction of sp³-hybridized carbons (Fsp3) is 0.160. The summed E-state index contributed by atoms with van der Waals surface area (Å²) in [5.41, 5.74) is 3.50. The molecule has 1 heterocycles. The minimum absolute atomic E-state index is 0.0886. The maximum Gasteiger partial charge on any atom is 0.343 e. The number of ether oxygens (including phenoxy) is 4. The summed E-state index contributed by atoms with van der Waals surface area (Å²) in [6.45, 7) is 2.29. The predicted octanol–water partition coefficient (Wildman–Crippen LogP) is 4.36. The van der Waals surface area contributed by atoms with E-state index in [0.29, 0.717) is 35.0 Å². The molecule has 174 valence electrons. The Morgan fingerprint density at radius 3 is 2.62 bits per heavy atom. The van der Waals surface area contributed by atoms with Gasteiger partial charge in [0.25, 0.3) is 5.91 Å². The van der Waals surface area contributed by atoms with E-state index in [-0.39, 0.29) is 12.4 Å². The number of carbonyl (C=O) groups excluding carboxylic acids is 2. The number of nitrogens with one attached hydrogen (secondary N) is 1. The Labute approximate surface area is 204 Å². The van der Waals surface area contributed by atoms with E-state index in [1.165, 1.54) is 6.21 Å². The number of halogens is 1. The Hall–Kier alpha value is -3.85. The minimum atomic E-state index is -0.813. The fourth-order valence-electron chi connectivity index (χ4n) is 3.09. The van der Waals surface area contributed by atoms with Crippen LogP contribution in [0.2, 0.25) is 0 Å². The Kier molecular flexibility index (Phi) is 7.44. The molecule has 0 saturated heterocycles. The second-order valence-electron chi connectivity index (χ2n) is 7.13. The minimum Gasteiger partial charge on any atom is -0.490 e. The van der Waals surface area contributed by atoms with Gasteiger partial charge in [-0.3, -0.25) is 4.79 Å². The molecule has 1 aliphatic rings.